The van der Waals surface area contributed by atoms with Crippen LogP contribution in [0.1, 0.15) is 56.2 Å². The van der Waals surface area contributed by atoms with Gasteiger partial charge in [-0.25, -0.2) is 9.78 Å². The maximum absolute atomic E-state index is 13.3. The van der Waals surface area contributed by atoms with Crippen LogP contribution in [0.4, 0.5) is 13.2 Å². The van der Waals surface area contributed by atoms with Gasteiger partial charge in [0.1, 0.15) is 17.3 Å². The predicted octanol–water partition coefficient (Wildman–Crippen LogP) is 9.16. The first kappa shape index (κ1) is 28.9. The van der Waals surface area contributed by atoms with Crippen molar-refractivity contribution in [1.82, 2.24) is 9.55 Å². The fraction of sp³-hybridized carbons (Fsp3) is 0.235. The number of fused-ring (bicyclic) bond motifs is 1. The van der Waals surface area contributed by atoms with Crippen LogP contribution in [0, 0.1) is 0 Å². The summed E-state index contributed by atoms with van der Waals surface area (Å²) in [5.41, 5.74) is 3.55. The molecule has 2 aromatic heterocycles. The second kappa shape index (κ2) is 10.7. The number of hydrogen-bond acceptors (Lipinski definition) is 3. The van der Waals surface area contributed by atoms with Crippen molar-refractivity contribution in [3.8, 4) is 33.8 Å². The number of pyridine rings is 1. The van der Waals surface area contributed by atoms with Gasteiger partial charge in [-0.1, -0.05) is 63.2 Å². The summed E-state index contributed by atoms with van der Waals surface area (Å²) in [6, 6.07) is 23.0. The number of carboxylic acids is 1. The Morgan fingerprint density at radius 2 is 1.43 bits per heavy atom. The van der Waals surface area contributed by atoms with Crippen molar-refractivity contribution in [1.29, 1.82) is 0 Å². The van der Waals surface area contributed by atoms with Crippen molar-refractivity contribution < 1.29 is 27.8 Å². The van der Waals surface area contributed by atoms with Gasteiger partial charge < -0.3 is 9.84 Å². The highest BCUT2D eigenvalue weighted by Gasteiger charge is 2.31. The van der Waals surface area contributed by atoms with Gasteiger partial charge in [-0.2, -0.15) is 13.2 Å². The molecule has 0 spiro atoms. The third kappa shape index (κ3) is 5.62. The summed E-state index contributed by atoms with van der Waals surface area (Å²) in [5, 5.41) is 11.1. The van der Waals surface area contributed by atoms with Crippen molar-refractivity contribution in [3.63, 3.8) is 0 Å². The number of alkyl halides is 3. The average molecular weight is 573 g/mol. The minimum absolute atomic E-state index is 0.0105. The zero-order valence-electron chi connectivity index (χ0n) is 24.0. The van der Waals surface area contributed by atoms with Crippen molar-refractivity contribution in [2.24, 2.45) is 0 Å². The molecule has 0 radical (unpaired) electrons. The second-order valence-corrected chi connectivity index (χ2v) is 11.5. The number of benzene rings is 3. The van der Waals surface area contributed by atoms with Gasteiger partial charge >= 0.3 is 12.1 Å². The minimum Gasteiger partial charge on any atom is -0.491 e. The molecule has 5 rings (SSSR count). The molecule has 0 aliphatic heterocycles. The Morgan fingerprint density at radius 1 is 0.833 bits per heavy atom. The van der Waals surface area contributed by atoms with Gasteiger partial charge in [-0.05, 0) is 77.9 Å². The summed E-state index contributed by atoms with van der Waals surface area (Å²) in [5.74, 6) is -0.529. The van der Waals surface area contributed by atoms with Crippen LogP contribution in [0.3, 0.4) is 0 Å². The molecule has 0 aliphatic carbocycles. The minimum atomic E-state index is -4.57. The first-order chi connectivity index (χ1) is 19.7. The third-order valence-corrected chi connectivity index (χ3v) is 7.07. The van der Waals surface area contributed by atoms with Crippen molar-refractivity contribution in [2.45, 2.75) is 52.3 Å². The first-order valence-corrected chi connectivity index (χ1v) is 13.6. The van der Waals surface area contributed by atoms with E-state index in [2.05, 4.69) is 37.9 Å². The van der Waals surface area contributed by atoms with Crippen LogP contribution < -0.4 is 4.74 Å². The highest BCUT2D eigenvalue weighted by molar-refractivity contribution is 6.10. The molecule has 0 saturated heterocycles. The summed E-state index contributed by atoms with van der Waals surface area (Å²) in [7, 11) is 0. The number of hydrogen-bond donors (Lipinski definition) is 1. The van der Waals surface area contributed by atoms with E-state index in [0.717, 1.165) is 23.4 Å². The number of rotatable bonds is 6. The predicted molar refractivity (Wildman–Crippen MR) is 158 cm³/mol. The zero-order chi connectivity index (χ0) is 30.4. The van der Waals surface area contributed by atoms with Crippen LogP contribution in [-0.4, -0.2) is 26.7 Å². The number of aromatic nitrogens is 2. The number of carboxylic acid groups (broad SMARTS) is 1. The zero-order valence-corrected chi connectivity index (χ0v) is 24.0. The summed E-state index contributed by atoms with van der Waals surface area (Å²) in [4.78, 5) is 16.9. The molecule has 8 heteroatoms. The van der Waals surface area contributed by atoms with Gasteiger partial charge in [0.2, 0.25) is 0 Å². The van der Waals surface area contributed by atoms with Gasteiger partial charge in [0, 0.05) is 17.1 Å². The molecular formula is C34H31F3N2O3. The van der Waals surface area contributed by atoms with E-state index in [1.165, 1.54) is 16.2 Å². The first-order valence-electron chi connectivity index (χ1n) is 13.6. The van der Waals surface area contributed by atoms with Crippen LogP contribution >= 0.6 is 0 Å². The van der Waals surface area contributed by atoms with Crippen LogP contribution in [0.5, 0.6) is 5.75 Å². The Labute approximate surface area is 242 Å². The maximum atomic E-state index is 13.3. The highest BCUT2D eigenvalue weighted by Crippen LogP contribution is 2.40. The normalized spacial score (nSPS) is 12.2. The summed E-state index contributed by atoms with van der Waals surface area (Å²) in [6.45, 7) is 10.3. The summed E-state index contributed by atoms with van der Waals surface area (Å²) < 4.78 is 47.0. The van der Waals surface area contributed by atoms with Gasteiger partial charge in [0.15, 0.2) is 0 Å². The number of aromatic carboxylic acids is 1. The molecule has 0 amide bonds. The Hall–Kier alpha value is -4.59. The topological polar surface area (TPSA) is 64.3 Å². The van der Waals surface area contributed by atoms with Crippen LogP contribution in [0.25, 0.3) is 39.0 Å². The molecule has 0 unspecified atom stereocenters. The molecule has 0 fully saturated rings. The fourth-order valence-electron chi connectivity index (χ4n) is 5.02. The lowest BCUT2D eigenvalue weighted by molar-refractivity contribution is -0.137. The van der Waals surface area contributed by atoms with Crippen LogP contribution in [0.15, 0.2) is 85.1 Å². The third-order valence-electron chi connectivity index (χ3n) is 7.07. The smallest absolute Gasteiger partial charge is 0.417 e. The largest absolute Gasteiger partial charge is 0.491 e. The van der Waals surface area contributed by atoms with E-state index in [0.29, 0.717) is 27.8 Å². The quantitative estimate of drug-likeness (QED) is 0.220. The number of carbonyl (C=O) groups is 1. The monoisotopic (exact) mass is 572 g/mol. The van der Waals surface area contributed by atoms with E-state index < -0.39 is 17.7 Å². The molecule has 0 saturated carbocycles. The molecule has 2 heterocycles. The van der Waals surface area contributed by atoms with Crippen molar-refractivity contribution >= 4 is 16.9 Å². The Kier molecular flexibility index (Phi) is 7.35. The van der Waals surface area contributed by atoms with Gasteiger partial charge in [0.05, 0.1) is 17.2 Å². The molecule has 3 aromatic carbocycles. The molecule has 216 valence electrons. The summed E-state index contributed by atoms with van der Waals surface area (Å²) in [6.07, 6.45) is -3.89. The summed E-state index contributed by atoms with van der Waals surface area (Å²) >= 11 is 0. The molecule has 0 atom stereocenters. The van der Waals surface area contributed by atoms with Crippen LogP contribution in [-0.2, 0) is 11.6 Å². The van der Waals surface area contributed by atoms with E-state index >= 15 is 0 Å². The molecule has 42 heavy (non-hydrogen) atoms. The van der Waals surface area contributed by atoms with E-state index in [1.54, 1.807) is 30.3 Å². The maximum Gasteiger partial charge on any atom is 0.417 e. The lowest BCUT2D eigenvalue weighted by Crippen LogP contribution is -2.11. The Balaban J connectivity index is 1.75. The molecule has 1 N–H and O–H groups in total. The fourth-order valence-corrected chi connectivity index (χ4v) is 5.02. The molecule has 0 bridgehead atoms. The highest BCUT2D eigenvalue weighted by atomic mass is 19.4. The van der Waals surface area contributed by atoms with E-state index in [1.807, 2.05) is 38.1 Å². The van der Waals surface area contributed by atoms with Gasteiger partial charge in [-0.3, -0.25) is 4.57 Å². The van der Waals surface area contributed by atoms with E-state index in [4.69, 9.17) is 4.74 Å². The Morgan fingerprint density at radius 3 is 1.95 bits per heavy atom. The Bertz CT molecular complexity index is 1740. The second-order valence-electron chi connectivity index (χ2n) is 11.5. The van der Waals surface area contributed by atoms with E-state index in [9.17, 15) is 23.1 Å². The average Bonchev–Trinajstić information content (AvgIpc) is 3.27. The SMILES string of the molecule is CC(C)Oc1ccc(-c2c(C(=O)O)n(-c3ccc(C(F)(F)F)cn3)c3ccc(-c4ccc(C(C)(C)C)cc4)cc23)cc1. The van der Waals surface area contributed by atoms with Gasteiger partial charge in [0.25, 0.3) is 0 Å². The molecule has 5 aromatic rings. The molecular weight excluding hydrogens is 541 g/mol. The van der Waals surface area contributed by atoms with E-state index in [-0.39, 0.29) is 23.0 Å². The van der Waals surface area contributed by atoms with Crippen molar-refractivity contribution in [2.75, 3.05) is 0 Å². The lowest BCUT2D eigenvalue weighted by atomic mass is 9.86. The lowest BCUT2D eigenvalue weighted by Gasteiger charge is -2.19. The number of ether oxygens (including phenoxy) is 1. The number of nitrogens with zero attached hydrogens (tertiary/aromatic N) is 2. The van der Waals surface area contributed by atoms with Crippen molar-refractivity contribution in [3.05, 3.63) is 102 Å². The standard InChI is InChI=1S/C34H31F3N2O3/c1-20(2)42-26-14-8-22(9-15-26)30-27-18-23(21-6-11-24(12-7-21)33(3,4)5)10-16-28(27)39(31(30)32(40)41)29-17-13-25(19-38-29)34(35,36)37/h6-20H,1-5H3,(H,40,41). The molecule has 5 nitrogen and oxygen atoms in total. The molecule has 0 aliphatic rings. The number of halogens is 3. The van der Waals surface area contributed by atoms with Gasteiger partial charge in [-0.15, -0.1) is 0 Å². The van der Waals surface area contributed by atoms with Crippen LogP contribution in [0.2, 0.25) is 0 Å².